The van der Waals surface area contributed by atoms with Gasteiger partial charge in [-0.25, -0.2) is 4.79 Å². The fourth-order valence-electron chi connectivity index (χ4n) is 2.63. The maximum atomic E-state index is 12.4. The zero-order valence-corrected chi connectivity index (χ0v) is 15.1. The molecular formula is C18H28N4O2. The van der Waals surface area contributed by atoms with Crippen molar-refractivity contribution in [2.75, 3.05) is 19.6 Å². The van der Waals surface area contributed by atoms with Crippen LogP contribution in [0.5, 0.6) is 0 Å². The first kappa shape index (κ1) is 18.2. The van der Waals surface area contributed by atoms with Gasteiger partial charge in [0.15, 0.2) is 0 Å². The Kier molecular flexibility index (Phi) is 5.80. The van der Waals surface area contributed by atoms with Crippen molar-refractivity contribution in [2.24, 2.45) is 5.41 Å². The van der Waals surface area contributed by atoms with Crippen molar-refractivity contribution in [3.05, 3.63) is 29.6 Å². The highest BCUT2D eigenvalue weighted by Gasteiger charge is 2.28. The minimum absolute atomic E-state index is 0.00185. The molecule has 0 unspecified atom stereocenters. The smallest absolute Gasteiger partial charge is 0.315 e. The van der Waals surface area contributed by atoms with E-state index < -0.39 is 0 Å². The van der Waals surface area contributed by atoms with Crippen LogP contribution in [0.2, 0.25) is 0 Å². The first-order valence-corrected chi connectivity index (χ1v) is 8.51. The topological polar surface area (TPSA) is 74.3 Å². The zero-order valence-electron chi connectivity index (χ0n) is 15.1. The second kappa shape index (κ2) is 7.64. The van der Waals surface area contributed by atoms with Crippen molar-refractivity contribution < 1.29 is 9.59 Å². The fourth-order valence-corrected chi connectivity index (χ4v) is 2.63. The zero-order chi connectivity index (χ0) is 17.7. The van der Waals surface area contributed by atoms with Crippen LogP contribution < -0.4 is 10.6 Å². The largest absolute Gasteiger partial charge is 0.338 e. The Hall–Kier alpha value is -2.11. The molecule has 24 heavy (non-hydrogen) atoms. The number of nitrogens with one attached hydrogen (secondary N) is 2. The van der Waals surface area contributed by atoms with Crippen LogP contribution in [0.15, 0.2) is 18.3 Å². The number of hydrogen-bond acceptors (Lipinski definition) is 3. The number of nitrogens with zero attached hydrogens (tertiary/aromatic N) is 2. The van der Waals surface area contributed by atoms with Crippen LogP contribution >= 0.6 is 0 Å². The number of rotatable bonds is 4. The van der Waals surface area contributed by atoms with Gasteiger partial charge in [-0.05, 0) is 37.3 Å². The van der Waals surface area contributed by atoms with Crippen molar-refractivity contribution in [2.45, 2.75) is 46.6 Å². The van der Waals surface area contributed by atoms with E-state index in [4.69, 9.17) is 0 Å². The number of amides is 3. The lowest BCUT2D eigenvalue weighted by Crippen LogP contribution is -2.44. The Balaban J connectivity index is 1.77. The van der Waals surface area contributed by atoms with Gasteiger partial charge in [0, 0.05) is 37.6 Å². The molecule has 0 bridgehead atoms. The molecule has 1 fully saturated rings. The summed E-state index contributed by atoms with van der Waals surface area (Å²) in [4.78, 5) is 30.3. The lowest BCUT2D eigenvalue weighted by atomic mass is 9.92. The van der Waals surface area contributed by atoms with E-state index in [0.717, 1.165) is 18.5 Å². The average molecular weight is 332 g/mol. The molecule has 2 rings (SSSR count). The second-order valence-corrected chi connectivity index (χ2v) is 7.64. The summed E-state index contributed by atoms with van der Waals surface area (Å²) in [7, 11) is 0. The number of carbonyl (C=O) groups excluding carboxylic acids is 2. The molecule has 1 atom stereocenters. The molecule has 6 heteroatoms. The highest BCUT2D eigenvalue weighted by molar-refractivity contribution is 5.94. The molecule has 1 aromatic heterocycles. The summed E-state index contributed by atoms with van der Waals surface area (Å²) in [6, 6.07) is 3.48. The molecule has 2 N–H and O–H groups in total. The molecule has 3 amide bonds. The van der Waals surface area contributed by atoms with E-state index in [1.165, 1.54) is 0 Å². The van der Waals surface area contributed by atoms with E-state index in [1.54, 1.807) is 17.2 Å². The van der Waals surface area contributed by atoms with Crippen LogP contribution in [0.25, 0.3) is 0 Å². The van der Waals surface area contributed by atoms with Crippen LogP contribution in [0, 0.1) is 12.3 Å². The SMILES string of the molecule is Cc1ccc(C(=O)N2CC[C@@H](NC(=O)NCCC(C)(C)C)C2)cn1. The molecule has 132 valence electrons. The molecule has 0 saturated carbocycles. The van der Waals surface area contributed by atoms with Crippen molar-refractivity contribution in [1.29, 1.82) is 0 Å². The van der Waals surface area contributed by atoms with E-state index in [2.05, 4.69) is 36.4 Å². The minimum Gasteiger partial charge on any atom is -0.338 e. The second-order valence-electron chi connectivity index (χ2n) is 7.64. The molecule has 0 aromatic carbocycles. The molecule has 0 spiro atoms. The Labute approximate surface area is 144 Å². The van der Waals surface area contributed by atoms with Gasteiger partial charge in [0.05, 0.1) is 5.56 Å². The van der Waals surface area contributed by atoms with Crippen LogP contribution in [0.3, 0.4) is 0 Å². The number of aromatic nitrogens is 1. The van der Waals surface area contributed by atoms with Gasteiger partial charge in [0.2, 0.25) is 0 Å². The van der Waals surface area contributed by atoms with Crippen molar-refractivity contribution in [3.8, 4) is 0 Å². The highest BCUT2D eigenvalue weighted by atomic mass is 16.2. The van der Waals surface area contributed by atoms with Gasteiger partial charge in [-0.2, -0.15) is 0 Å². The Bertz CT molecular complexity index is 578. The highest BCUT2D eigenvalue weighted by Crippen LogP contribution is 2.17. The van der Waals surface area contributed by atoms with Crippen molar-refractivity contribution in [1.82, 2.24) is 20.5 Å². The average Bonchev–Trinajstić information content (AvgIpc) is 2.94. The number of carbonyl (C=O) groups is 2. The third kappa shape index (κ3) is 5.51. The fraction of sp³-hybridized carbons (Fsp3) is 0.611. The first-order valence-electron chi connectivity index (χ1n) is 8.51. The molecule has 1 saturated heterocycles. The third-order valence-corrected chi connectivity index (χ3v) is 4.13. The van der Waals surface area contributed by atoms with Gasteiger partial charge in [0.1, 0.15) is 0 Å². The van der Waals surface area contributed by atoms with Gasteiger partial charge >= 0.3 is 6.03 Å². The summed E-state index contributed by atoms with van der Waals surface area (Å²) in [5.41, 5.74) is 1.68. The monoisotopic (exact) mass is 332 g/mol. The molecule has 1 aliphatic rings. The maximum absolute atomic E-state index is 12.4. The number of hydrogen-bond donors (Lipinski definition) is 2. The van der Waals surface area contributed by atoms with Crippen LogP contribution in [0.4, 0.5) is 4.79 Å². The number of urea groups is 1. The summed E-state index contributed by atoms with van der Waals surface area (Å²) in [5.74, 6) is -0.0278. The predicted molar refractivity (Wildman–Crippen MR) is 93.9 cm³/mol. The lowest BCUT2D eigenvalue weighted by molar-refractivity contribution is 0.0789. The Morgan fingerprint density at radius 1 is 1.33 bits per heavy atom. The molecule has 6 nitrogen and oxygen atoms in total. The van der Waals surface area contributed by atoms with E-state index in [-0.39, 0.29) is 23.4 Å². The summed E-state index contributed by atoms with van der Waals surface area (Å²) < 4.78 is 0. The van der Waals surface area contributed by atoms with E-state index in [1.807, 2.05) is 13.0 Å². The molecule has 1 aliphatic heterocycles. The molecule has 2 heterocycles. The molecule has 1 aromatic rings. The van der Waals surface area contributed by atoms with E-state index >= 15 is 0 Å². The van der Waals surface area contributed by atoms with E-state index in [9.17, 15) is 9.59 Å². The maximum Gasteiger partial charge on any atom is 0.315 e. The standard InChI is InChI=1S/C18H28N4O2/c1-13-5-6-14(11-20-13)16(23)22-10-7-15(12-22)21-17(24)19-9-8-18(2,3)4/h5-6,11,15H,7-10,12H2,1-4H3,(H2,19,21,24)/t15-/m1/s1. The van der Waals surface area contributed by atoms with Crippen molar-refractivity contribution in [3.63, 3.8) is 0 Å². The summed E-state index contributed by atoms with van der Waals surface area (Å²) in [5, 5.41) is 5.84. The van der Waals surface area contributed by atoms with Gasteiger partial charge < -0.3 is 15.5 Å². The number of likely N-dealkylation sites (tertiary alicyclic amines) is 1. The van der Waals surface area contributed by atoms with Gasteiger partial charge in [-0.15, -0.1) is 0 Å². The summed E-state index contributed by atoms with van der Waals surface area (Å²) in [6.45, 7) is 10.2. The van der Waals surface area contributed by atoms with Crippen LogP contribution in [0.1, 0.15) is 49.7 Å². The van der Waals surface area contributed by atoms with Crippen LogP contribution in [-0.4, -0.2) is 47.5 Å². The quantitative estimate of drug-likeness (QED) is 0.889. The summed E-state index contributed by atoms with van der Waals surface area (Å²) >= 11 is 0. The predicted octanol–water partition coefficient (Wildman–Crippen LogP) is 2.34. The summed E-state index contributed by atoms with van der Waals surface area (Å²) in [6.07, 6.45) is 3.31. The number of pyridine rings is 1. The van der Waals surface area contributed by atoms with Gasteiger partial charge in [0.25, 0.3) is 5.91 Å². The molecule has 0 radical (unpaired) electrons. The van der Waals surface area contributed by atoms with Gasteiger partial charge in [-0.1, -0.05) is 20.8 Å². The first-order chi connectivity index (χ1) is 11.2. The van der Waals surface area contributed by atoms with Crippen LogP contribution in [-0.2, 0) is 0 Å². The third-order valence-electron chi connectivity index (χ3n) is 4.13. The molecular weight excluding hydrogens is 304 g/mol. The Morgan fingerprint density at radius 3 is 2.71 bits per heavy atom. The van der Waals surface area contributed by atoms with E-state index in [0.29, 0.717) is 25.2 Å². The Morgan fingerprint density at radius 2 is 2.08 bits per heavy atom. The number of aryl methyl sites for hydroxylation is 1. The normalized spacial score (nSPS) is 17.7. The minimum atomic E-state index is -0.157. The lowest BCUT2D eigenvalue weighted by Gasteiger charge is -2.19. The van der Waals surface area contributed by atoms with Gasteiger partial charge in [-0.3, -0.25) is 9.78 Å². The van der Waals surface area contributed by atoms with Crippen molar-refractivity contribution >= 4 is 11.9 Å². The molecule has 0 aliphatic carbocycles.